The molecule has 0 saturated carbocycles. The predicted octanol–water partition coefficient (Wildman–Crippen LogP) is 7.62. The molecule has 0 fully saturated rings. The van der Waals surface area contributed by atoms with Gasteiger partial charge in [0.2, 0.25) is 0 Å². The van der Waals surface area contributed by atoms with Gasteiger partial charge in [-0.25, -0.2) is 0 Å². The Morgan fingerprint density at radius 1 is 0.962 bits per heavy atom. The average Bonchev–Trinajstić information content (AvgIpc) is 2.54. The number of hydrogen-bond acceptors (Lipinski definition) is 2. The molecule has 0 bridgehead atoms. The minimum atomic E-state index is 0.328. The smallest absolute Gasteiger partial charge is 0.136 e. The highest BCUT2D eigenvalue weighted by molar-refractivity contribution is 8.22. The van der Waals surface area contributed by atoms with E-state index in [4.69, 9.17) is 12.2 Å². The van der Waals surface area contributed by atoms with E-state index in [1.165, 1.54) is 12.0 Å². The van der Waals surface area contributed by atoms with Crippen LogP contribution in [0.3, 0.4) is 0 Å². The molecule has 1 aromatic carbocycles. The van der Waals surface area contributed by atoms with Gasteiger partial charge in [0, 0.05) is 13.1 Å². The molecule has 0 amide bonds. The number of rotatable bonds is 5. The second kappa shape index (κ2) is 12.0. The van der Waals surface area contributed by atoms with Crippen LogP contribution in [-0.4, -0.2) is 28.1 Å². The van der Waals surface area contributed by atoms with Gasteiger partial charge in [-0.1, -0.05) is 103 Å². The molecule has 0 aliphatic heterocycles. The standard InChI is InChI=1S/C16H26.C7H15NS2/c1-15(2,3)12-14(16(4,5)6)13-10-8-7-9-11-13;1-4-8(5-2)7(9)10-6-3/h7-11,14H,12H2,1-6H3;4-6H2,1-3H3. The molecule has 0 N–H and O–H groups in total. The summed E-state index contributed by atoms with van der Waals surface area (Å²) < 4.78 is 1.03. The lowest BCUT2D eigenvalue weighted by atomic mass is 9.69. The number of hydrogen-bond donors (Lipinski definition) is 0. The fourth-order valence-corrected chi connectivity index (χ4v) is 4.22. The third-order valence-corrected chi connectivity index (χ3v) is 5.76. The molecule has 1 unspecified atom stereocenters. The Labute approximate surface area is 173 Å². The summed E-state index contributed by atoms with van der Waals surface area (Å²) in [5, 5.41) is 0. The molecule has 26 heavy (non-hydrogen) atoms. The highest BCUT2D eigenvalue weighted by atomic mass is 32.2. The number of thioether (sulfide) groups is 1. The van der Waals surface area contributed by atoms with Crippen molar-refractivity contribution in [2.75, 3.05) is 18.8 Å². The lowest BCUT2D eigenvalue weighted by Crippen LogP contribution is -2.26. The normalized spacial score (nSPS) is 12.8. The van der Waals surface area contributed by atoms with E-state index in [9.17, 15) is 0 Å². The first kappa shape index (κ1) is 25.5. The van der Waals surface area contributed by atoms with Crippen LogP contribution in [0, 0.1) is 10.8 Å². The Balaban J connectivity index is 0.000000541. The summed E-state index contributed by atoms with van der Waals surface area (Å²) in [6.45, 7) is 22.5. The van der Waals surface area contributed by atoms with Crippen molar-refractivity contribution >= 4 is 28.3 Å². The van der Waals surface area contributed by atoms with Crippen molar-refractivity contribution < 1.29 is 0 Å². The van der Waals surface area contributed by atoms with Gasteiger partial charge in [0.05, 0.1) is 0 Å². The van der Waals surface area contributed by atoms with Gasteiger partial charge in [-0.15, -0.1) is 0 Å². The topological polar surface area (TPSA) is 3.24 Å². The lowest BCUT2D eigenvalue weighted by Gasteiger charge is -2.36. The maximum atomic E-state index is 5.16. The first-order valence-corrected chi connectivity index (χ1v) is 11.3. The molecule has 3 heteroatoms. The van der Waals surface area contributed by atoms with E-state index in [1.54, 1.807) is 11.8 Å². The SMILES string of the molecule is CC(C)(C)CC(c1ccccc1)C(C)(C)C.CCSC(=S)N(CC)CC. The summed E-state index contributed by atoms with van der Waals surface area (Å²) >= 11 is 6.91. The molecular formula is C23H41NS2. The van der Waals surface area contributed by atoms with Crippen molar-refractivity contribution in [1.82, 2.24) is 4.90 Å². The third kappa shape index (κ3) is 10.6. The van der Waals surface area contributed by atoms with Crippen molar-refractivity contribution in [3.05, 3.63) is 35.9 Å². The first-order chi connectivity index (χ1) is 12.0. The Morgan fingerprint density at radius 2 is 1.46 bits per heavy atom. The zero-order valence-corrected chi connectivity index (χ0v) is 20.2. The van der Waals surface area contributed by atoms with E-state index in [0.717, 1.165) is 23.2 Å². The van der Waals surface area contributed by atoms with Gasteiger partial charge in [-0.2, -0.15) is 0 Å². The van der Waals surface area contributed by atoms with Crippen molar-refractivity contribution in [1.29, 1.82) is 0 Å². The molecule has 1 atom stereocenters. The van der Waals surface area contributed by atoms with Crippen molar-refractivity contribution in [2.24, 2.45) is 10.8 Å². The Hall–Kier alpha value is -0.540. The molecule has 0 saturated heterocycles. The minimum absolute atomic E-state index is 0.328. The average molecular weight is 396 g/mol. The summed E-state index contributed by atoms with van der Waals surface area (Å²) in [6, 6.07) is 10.9. The van der Waals surface area contributed by atoms with Gasteiger partial charge in [0.25, 0.3) is 0 Å². The molecule has 1 aromatic rings. The highest BCUT2D eigenvalue weighted by Crippen LogP contribution is 2.42. The monoisotopic (exact) mass is 395 g/mol. The Morgan fingerprint density at radius 3 is 1.81 bits per heavy atom. The van der Waals surface area contributed by atoms with Crippen LogP contribution in [0.25, 0.3) is 0 Å². The second-order valence-corrected chi connectivity index (χ2v) is 10.9. The lowest BCUT2D eigenvalue weighted by molar-refractivity contribution is 0.229. The molecule has 1 nitrogen and oxygen atoms in total. The second-order valence-electron chi connectivity index (χ2n) is 8.97. The van der Waals surface area contributed by atoms with Gasteiger partial charge >= 0.3 is 0 Å². The number of benzene rings is 1. The molecule has 0 aromatic heterocycles. The maximum Gasteiger partial charge on any atom is 0.136 e. The molecule has 0 heterocycles. The Kier molecular flexibility index (Phi) is 11.8. The molecule has 150 valence electrons. The molecule has 0 radical (unpaired) electrons. The van der Waals surface area contributed by atoms with Gasteiger partial charge in [-0.05, 0) is 48.3 Å². The van der Waals surface area contributed by atoms with Gasteiger partial charge in [0.1, 0.15) is 4.32 Å². The number of thiocarbonyl (C=S) groups is 1. The fourth-order valence-electron chi connectivity index (χ4n) is 2.92. The van der Waals surface area contributed by atoms with Gasteiger partial charge < -0.3 is 4.90 Å². The number of nitrogens with zero attached hydrogens (tertiary/aromatic N) is 1. The van der Waals surface area contributed by atoms with Crippen LogP contribution in [0.5, 0.6) is 0 Å². The summed E-state index contributed by atoms with van der Waals surface area (Å²) in [5.74, 6) is 1.71. The quantitative estimate of drug-likeness (QED) is 0.472. The van der Waals surface area contributed by atoms with E-state index in [1.807, 2.05) is 0 Å². The van der Waals surface area contributed by atoms with Crippen LogP contribution in [-0.2, 0) is 0 Å². The van der Waals surface area contributed by atoms with E-state index >= 15 is 0 Å². The van der Waals surface area contributed by atoms with Crippen LogP contribution < -0.4 is 0 Å². The molecular weight excluding hydrogens is 354 g/mol. The fraction of sp³-hybridized carbons (Fsp3) is 0.696. The highest BCUT2D eigenvalue weighted by Gasteiger charge is 2.29. The Bertz CT molecular complexity index is 493. The van der Waals surface area contributed by atoms with Crippen LogP contribution in [0.1, 0.15) is 80.2 Å². The largest absolute Gasteiger partial charge is 0.358 e. The van der Waals surface area contributed by atoms with Crippen LogP contribution in [0.2, 0.25) is 0 Å². The van der Waals surface area contributed by atoms with E-state index in [-0.39, 0.29) is 0 Å². The summed E-state index contributed by atoms with van der Waals surface area (Å²) in [7, 11) is 0. The van der Waals surface area contributed by atoms with Gasteiger partial charge in [-0.3, -0.25) is 0 Å². The summed E-state index contributed by atoms with van der Waals surface area (Å²) in [5.41, 5.74) is 2.19. The molecule has 1 rings (SSSR count). The minimum Gasteiger partial charge on any atom is -0.358 e. The van der Waals surface area contributed by atoms with Gasteiger partial charge in [0.15, 0.2) is 0 Å². The molecule has 0 aliphatic rings. The first-order valence-electron chi connectivity index (χ1n) is 9.92. The van der Waals surface area contributed by atoms with E-state index in [0.29, 0.717) is 16.7 Å². The van der Waals surface area contributed by atoms with Crippen LogP contribution >= 0.6 is 24.0 Å². The molecule has 0 spiro atoms. The molecule has 0 aliphatic carbocycles. The third-order valence-electron chi connectivity index (χ3n) is 4.35. The van der Waals surface area contributed by atoms with Crippen molar-refractivity contribution in [3.8, 4) is 0 Å². The summed E-state index contributed by atoms with van der Waals surface area (Å²) in [6.07, 6.45) is 1.24. The van der Waals surface area contributed by atoms with E-state index < -0.39 is 0 Å². The van der Waals surface area contributed by atoms with Crippen LogP contribution in [0.4, 0.5) is 0 Å². The zero-order valence-electron chi connectivity index (χ0n) is 18.6. The van der Waals surface area contributed by atoms with E-state index in [2.05, 4.69) is 97.5 Å². The predicted molar refractivity (Wildman–Crippen MR) is 126 cm³/mol. The van der Waals surface area contributed by atoms with Crippen molar-refractivity contribution in [3.63, 3.8) is 0 Å². The maximum absolute atomic E-state index is 5.16. The summed E-state index contributed by atoms with van der Waals surface area (Å²) in [4.78, 5) is 2.20. The van der Waals surface area contributed by atoms with Crippen LogP contribution in [0.15, 0.2) is 30.3 Å². The zero-order chi connectivity index (χ0) is 20.4. The van der Waals surface area contributed by atoms with Crippen molar-refractivity contribution in [2.45, 2.75) is 74.7 Å².